The molecule has 0 radical (unpaired) electrons. The highest BCUT2D eigenvalue weighted by atomic mass is 35.5. The number of halogens is 1. The second-order valence-electron chi connectivity index (χ2n) is 3.78. The highest BCUT2D eigenvalue weighted by molar-refractivity contribution is 6.16. The summed E-state index contributed by atoms with van der Waals surface area (Å²) >= 11 is 5.53. The van der Waals surface area contributed by atoms with E-state index in [9.17, 15) is 4.79 Å². The molecule has 1 amide bonds. The first-order chi connectivity index (χ1) is 8.69. The third kappa shape index (κ3) is 3.07. The van der Waals surface area contributed by atoms with E-state index in [0.717, 1.165) is 11.3 Å². The summed E-state index contributed by atoms with van der Waals surface area (Å²) in [6.07, 6.45) is 0.0642. The molecule has 5 nitrogen and oxygen atoms in total. The van der Waals surface area contributed by atoms with Crippen molar-refractivity contribution >= 4 is 23.2 Å². The Balaban J connectivity index is 1.99. The number of rotatable bonds is 4. The Morgan fingerprint density at radius 2 is 2.22 bits per heavy atom. The Kier molecular flexibility index (Phi) is 3.94. The number of para-hydroxylation sites is 1. The first kappa shape index (κ1) is 12.6. The summed E-state index contributed by atoms with van der Waals surface area (Å²) in [5, 5.41) is 6.45. The summed E-state index contributed by atoms with van der Waals surface area (Å²) in [4.78, 5) is 15.7. The number of aryl methyl sites for hydroxylation is 1. The number of amides is 1. The smallest absolute Gasteiger partial charge is 0.241 e. The first-order valence-corrected chi connectivity index (χ1v) is 5.95. The summed E-state index contributed by atoms with van der Waals surface area (Å²) in [6, 6.07) is 7.54. The van der Waals surface area contributed by atoms with Crippen molar-refractivity contribution in [3.05, 3.63) is 41.5 Å². The van der Waals surface area contributed by atoms with Crippen molar-refractivity contribution in [3.8, 4) is 0 Å². The number of anilines is 1. The molecule has 0 spiro atoms. The van der Waals surface area contributed by atoms with Gasteiger partial charge in [-0.15, -0.1) is 11.6 Å². The zero-order valence-corrected chi connectivity index (χ0v) is 10.6. The van der Waals surface area contributed by atoms with Crippen molar-refractivity contribution in [2.45, 2.75) is 19.2 Å². The molecule has 0 aliphatic rings. The van der Waals surface area contributed by atoms with Crippen LogP contribution in [0.1, 0.15) is 17.3 Å². The third-order valence-electron chi connectivity index (χ3n) is 2.36. The van der Waals surface area contributed by atoms with Crippen molar-refractivity contribution in [1.82, 2.24) is 10.1 Å². The molecule has 0 aliphatic carbocycles. The largest absolute Gasteiger partial charge is 0.338 e. The number of carbonyl (C=O) groups excluding carboxylic acids is 1. The van der Waals surface area contributed by atoms with Gasteiger partial charge in [0.05, 0.1) is 6.42 Å². The van der Waals surface area contributed by atoms with Crippen LogP contribution < -0.4 is 5.32 Å². The molecular formula is C12H12ClN3O2. The molecule has 0 saturated carbocycles. The highest BCUT2D eigenvalue weighted by Crippen LogP contribution is 2.13. The summed E-state index contributed by atoms with van der Waals surface area (Å²) < 4.78 is 4.82. The molecule has 0 bridgehead atoms. The first-order valence-electron chi connectivity index (χ1n) is 5.42. The topological polar surface area (TPSA) is 68.0 Å². The van der Waals surface area contributed by atoms with Crippen LogP contribution in [0.4, 0.5) is 5.69 Å². The van der Waals surface area contributed by atoms with Crippen molar-refractivity contribution in [1.29, 1.82) is 0 Å². The van der Waals surface area contributed by atoms with Gasteiger partial charge in [0, 0.05) is 5.69 Å². The van der Waals surface area contributed by atoms with Gasteiger partial charge in [-0.2, -0.15) is 4.98 Å². The third-order valence-corrected chi connectivity index (χ3v) is 2.59. The predicted molar refractivity (Wildman–Crippen MR) is 67.4 cm³/mol. The second kappa shape index (κ2) is 5.64. The fourth-order valence-electron chi connectivity index (χ4n) is 1.47. The molecule has 0 aliphatic heterocycles. The van der Waals surface area contributed by atoms with E-state index in [-0.39, 0.29) is 18.2 Å². The van der Waals surface area contributed by atoms with E-state index < -0.39 is 0 Å². The summed E-state index contributed by atoms with van der Waals surface area (Å²) in [5.74, 6) is 0.602. The number of nitrogens with zero attached hydrogens (tertiary/aromatic N) is 2. The number of hydrogen-bond acceptors (Lipinski definition) is 4. The molecule has 94 valence electrons. The molecule has 0 fully saturated rings. The van der Waals surface area contributed by atoms with Gasteiger partial charge in [0.2, 0.25) is 11.8 Å². The van der Waals surface area contributed by atoms with E-state index in [1.54, 1.807) is 0 Å². The monoisotopic (exact) mass is 265 g/mol. The van der Waals surface area contributed by atoms with Gasteiger partial charge in [0.25, 0.3) is 0 Å². The molecule has 1 aromatic heterocycles. The molecule has 18 heavy (non-hydrogen) atoms. The standard InChI is InChI=1S/C12H12ClN3O2/c1-8-4-2-3-5-9(8)14-11(17)6-10-15-12(7-13)18-16-10/h2-5H,6-7H2,1H3,(H,14,17). The second-order valence-corrected chi connectivity index (χ2v) is 4.05. The Bertz CT molecular complexity index is 554. The van der Waals surface area contributed by atoms with Gasteiger partial charge in [-0.3, -0.25) is 4.79 Å². The maximum absolute atomic E-state index is 11.8. The number of alkyl halides is 1. The zero-order chi connectivity index (χ0) is 13.0. The van der Waals surface area contributed by atoms with E-state index in [4.69, 9.17) is 16.1 Å². The van der Waals surface area contributed by atoms with Crippen molar-refractivity contribution < 1.29 is 9.32 Å². The van der Waals surface area contributed by atoms with Gasteiger partial charge in [-0.25, -0.2) is 0 Å². The lowest BCUT2D eigenvalue weighted by atomic mass is 10.2. The van der Waals surface area contributed by atoms with Crippen LogP contribution in [0.3, 0.4) is 0 Å². The number of aromatic nitrogens is 2. The minimum absolute atomic E-state index is 0.0642. The van der Waals surface area contributed by atoms with E-state index in [2.05, 4.69) is 15.5 Å². The van der Waals surface area contributed by atoms with Crippen LogP contribution in [-0.2, 0) is 17.1 Å². The van der Waals surface area contributed by atoms with Gasteiger partial charge in [0.15, 0.2) is 5.82 Å². The van der Waals surface area contributed by atoms with Crippen LogP contribution in [0.25, 0.3) is 0 Å². The zero-order valence-electron chi connectivity index (χ0n) is 9.81. The average molecular weight is 266 g/mol. The fraction of sp³-hybridized carbons (Fsp3) is 0.250. The van der Waals surface area contributed by atoms with E-state index in [0.29, 0.717) is 11.7 Å². The maximum Gasteiger partial charge on any atom is 0.241 e. The molecule has 1 aromatic carbocycles. The normalized spacial score (nSPS) is 10.3. The van der Waals surface area contributed by atoms with Crippen LogP contribution in [0.15, 0.2) is 28.8 Å². The number of carbonyl (C=O) groups is 1. The van der Waals surface area contributed by atoms with Gasteiger partial charge < -0.3 is 9.84 Å². The number of benzene rings is 1. The molecule has 2 rings (SSSR count). The lowest BCUT2D eigenvalue weighted by molar-refractivity contribution is -0.115. The minimum atomic E-state index is -0.189. The molecule has 6 heteroatoms. The molecule has 0 unspecified atom stereocenters. The summed E-state index contributed by atoms with van der Waals surface area (Å²) in [5.41, 5.74) is 1.78. The Morgan fingerprint density at radius 3 is 2.89 bits per heavy atom. The van der Waals surface area contributed by atoms with Crippen LogP contribution >= 0.6 is 11.6 Å². The van der Waals surface area contributed by atoms with Crippen molar-refractivity contribution in [2.75, 3.05) is 5.32 Å². The molecule has 1 N–H and O–H groups in total. The maximum atomic E-state index is 11.8. The predicted octanol–water partition coefficient (Wildman–Crippen LogP) is 2.30. The quantitative estimate of drug-likeness (QED) is 0.862. The molecule has 2 aromatic rings. The van der Waals surface area contributed by atoms with Crippen LogP contribution in [-0.4, -0.2) is 16.0 Å². The van der Waals surface area contributed by atoms with E-state index in [1.165, 1.54) is 0 Å². The van der Waals surface area contributed by atoms with E-state index in [1.807, 2.05) is 31.2 Å². The number of hydrogen-bond donors (Lipinski definition) is 1. The lowest BCUT2D eigenvalue weighted by Crippen LogP contribution is -2.15. The van der Waals surface area contributed by atoms with Gasteiger partial charge in [0.1, 0.15) is 5.88 Å². The van der Waals surface area contributed by atoms with Crippen LogP contribution in [0.5, 0.6) is 0 Å². The Hall–Kier alpha value is -1.88. The minimum Gasteiger partial charge on any atom is -0.338 e. The molecule has 0 atom stereocenters. The lowest BCUT2D eigenvalue weighted by Gasteiger charge is -2.06. The Morgan fingerprint density at radius 1 is 1.44 bits per heavy atom. The van der Waals surface area contributed by atoms with E-state index >= 15 is 0 Å². The van der Waals surface area contributed by atoms with Crippen molar-refractivity contribution in [3.63, 3.8) is 0 Å². The highest BCUT2D eigenvalue weighted by Gasteiger charge is 2.11. The summed E-state index contributed by atoms with van der Waals surface area (Å²) in [6.45, 7) is 1.93. The van der Waals surface area contributed by atoms with Crippen LogP contribution in [0, 0.1) is 6.92 Å². The van der Waals surface area contributed by atoms with Gasteiger partial charge >= 0.3 is 0 Å². The Labute approximate surface area is 109 Å². The van der Waals surface area contributed by atoms with Gasteiger partial charge in [-0.05, 0) is 18.6 Å². The average Bonchev–Trinajstić information content (AvgIpc) is 2.80. The van der Waals surface area contributed by atoms with Crippen molar-refractivity contribution in [2.24, 2.45) is 0 Å². The fourth-order valence-corrected chi connectivity index (χ4v) is 1.58. The molecular weight excluding hydrogens is 254 g/mol. The summed E-state index contributed by atoms with van der Waals surface area (Å²) in [7, 11) is 0. The van der Waals surface area contributed by atoms with Gasteiger partial charge in [-0.1, -0.05) is 23.4 Å². The van der Waals surface area contributed by atoms with Crippen LogP contribution in [0.2, 0.25) is 0 Å². The molecule has 1 heterocycles. The molecule has 0 saturated heterocycles. The SMILES string of the molecule is Cc1ccccc1NC(=O)Cc1noc(CCl)n1. The number of nitrogens with one attached hydrogen (secondary N) is 1.